The van der Waals surface area contributed by atoms with Crippen molar-refractivity contribution in [1.29, 1.82) is 10.5 Å². The smallest absolute Gasteiger partial charge is 0.258 e. The van der Waals surface area contributed by atoms with Crippen molar-refractivity contribution in [2.45, 2.75) is 12.8 Å². The van der Waals surface area contributed by atoms with E-state index in [0.29, 0.717) is 34.3 Å². The molecule has 1 heterocycles. The van der Waals surface area contributed by atoms with Crippen LogP contribution in [0.3, 0.4) is 0 Å². The molecular formula is C18H13ClN4O. The Morgan fingerprint density at radius 3 is 2.71 bits per heavy atom. The summed E-state index contributed by atoms with van der Waals surface area (Å²) in [6.45, 7) is 0.526. The van der Waals surface area contributed by atoms with E-state index >= 15 is 0 Å². The van der Waals surface area contributed by atoms with Gasteiger partial charge in [-0.1, -0.05) is 11.6 Å². The third-order valence-electron chi connectivity index (χ3n) is 3.88. The quantitative estimate of drug-likeness (QED) is 0.855. The number of carbonyl (C=O) groups is 1. The van der Waals surface area contributed by atoms with Gasteiger partial charge in [0.2, 0.25) is 0 Å². The summed E-state index contributed by atoms with van der Waals surface area (Å²) in [6.07, 6.45) is 3.56. The SMILES string of the molecule is N#Cc1cc(C(=O)N(CC2CC2)c2cc(Cl)ccc2C#N)ccn1. The second-order valence-electron chi connectivity index (χ2n) is 5.67. The molecule has 2 aromatic rings. The van der Waals surface area contributed by atoms with Gasteiger partial charge in [0.15, 0.2) is 0 Å². The first kappa shape index (κ1) is 16.0. The Hall–Kier alpha value is -2.89. The third kappa shape index (κ3) is 3.37. The molecule has 1 amide bonds. The van der Waals surface area contributed by atoms with E-state index < -0.39 is 0 Å². The standard InChI is InChI=1S/C18H13ClN4O/c19-15-4-3-14(9-20)17(8-15)23(11-12-1-2-12)18(24)13-5-6-22-16(7-13)10-21/h3-8,12H,1-2,11H2. The maximum atomic E-state index is 13.0. The summed E-state index contributed by atoms with van der Waals surface area (Å²) in [5, 5.41) is 18.8. The summed E-state index contributed by atoms with van der Waals surface area (Å²) in [5.41, 5.74) is 1.44. The van der Waals surface area contributed by atoms with E-state index in [1.807, 2.05) is 6.07 Å². The summed E-state index contributed by atoms with van der Waals surface area (Å²) in [5.74, 6) is 0.163. The molecule has 0 bridgehead atoms. The number of aromatic nitrogens is 1. The number of hydrogen-bond donors (Lipinski definition) is 0. The molecule has 0 saturated heterocycles. The lowest BCUT2D eigenvalue weighted by Gasteiger charge is -2.24. The molecule has 1 aliphatic rings. The maximum absolute atomic E-state index is 13.0. The zero-order valence-electron chi connectivity index (χ0n) is 12.7. The number of halogens is 1. The molecular weight excluding hydrogens is 324 g/mol. The van der Waals surface area contributed by atoms with Crippen LogP contribution in [0.1, 0.15) is 34.5 Å². The zero-order valence-corrected chi connectivity index (χ0v) is 13.5. The average Bonchev–Trinajstić information content (AvgIpc) is 3.43. The van der Waals surface area contributed by atoms with E-state index in [1.54, 1.807) is 29.2 Å². The van der Waals surface area contributed by atoms with Crippen molar-refractivity contribution >= 4 is 23.2 Å². The topological polar surface area (TPSA) is 80.8 Å². The van der Waals surface area contributed by atoms with Gasteiger partial charge in [0.1, 0.15) is 17.8 Å². The molecule has 118 valence electrons. The van der Waals surface area contributed by atoms with Gasteiger partial charge in [-0.2, -0.15) is 10.5 Å². The molecule has 24 heavy (non-hydrogen) atoms. The zero-order chi connectivity index (χ0) is 17.1. The molecule has 0 spiro atoms. The van der Waals surface area contributed by atoms with E-state index in [-0.39, 0.29) is 11.6 Å². The van der Waals surface area contributed by atoms with Gasteiger partial charge in [-0.15, -0.1) is 0 Å². The lowest BCUT2D eigenvalue weighted by atomic mass is 10.1. The summed E-state index contributed by atoms with van der Waals surface area (Å²) >= 11 is 6.07. The first-order chi connectivity index (χ1) is 11.6. The van der Waals surface area contributed by atoms with Gasteiger partial charge >= 0.3 is 0 Å². The predicted octanol–water partition coefficient (Wildman–Crippen LogP) is 3.54. The van der Waals surface area contributed by atoms with Crippen LogP contribution in [0, 0.1) is 28.6 Å². The minimum atomic E-state index is -0.264. The van der Waals surface area contributed by atoms with E-state index in [0.717, 1.165) is 12.8 Å². The first-order valence-corrected chi connectivity index (χ1v) is 7.88. The second-order valence-corrected chi connectivity index (χ2v) is 6.11. The van der Waals surface area contributed by atoms with Crippen LogP contribution in [0.5, 0.6) is 0 Å². The first-order valence-electron chi connectivity index (χ1n) is 7.50. The molecule has 3 rings (SSSR count). The molecule has 1 fully saturated rings. The maximum Gasteiger partial charge on any atom is 0.258 e. The minimum absolute atomic E-state index is 0.179. The van der Waals surface area contributed by atoms with Crippen LogP contribution < -0.4 is 4.90 Å². The van der Waals surface area contributed by atoms with Crippen LogP contribution in [-0.2, 0) is 0 Å². The molecule has 1 saturated carbocycles. The van der Waals surface area contributed by atoms with Gasteiger partial charge in [0.25, 0.3) is 5.91 Å². The van der Waals surface area contributed by atoms with E-state index in [9.17, 15) is 10.1 Å². The van der Waals surface area contributed by atoms with Gasteiger partial charge in [0, 0.05) is 23.3 Å². The van der Waals surface area contributed by atoms with Gasteiger partial charge in [0.05, 0.1) is 11.3 Å². The number of anilines is 1. The van der Waals surface area contributed by atoms with Crippen molar-refractivity contribution in [3.63, 3.8) is 0 Å². The normalized spacial score (nSPS) is 13.0. The molecule has 5 nitrogen and oxygen atoms in total. The summed E-state index contributed by atoms with van der Waals surface area (Å²) in [7, 11) is 0. The Morgan fingerprint density at radius 2 is 2.04 bits per heavy atom. The van der Waals surface area contributed by atoms with Crippen molar-refractivity contribution < 1.29 is 4.79 Å². The second kappa shape index (κ2) is 6.70. The van der Waals surface area contributed by atoms with Crippen molar-refractivity contribution in [2.24, 2.45) is 5.92 Å². The van der Waals surface area contributed by atoms with Crippen LogP contribution in [-0.4, -0.2) is 17.4 Å². The fourth-order valence-corrected chi connectivity index (χ4v) is 2.62. The Balaban J connectivity index is 2.03. The van der Waals surface area contributed by atoms with Crippen LogP contribution in [0.2, 0.25) is 5.02 Å². The highest BCUT2D eigenvalue weighted by Crippen LogP contribution is 2.34. The van der Waals surface area contributed by atoms with Crippen molar-refractivity contribution in [1.82, 2.24) is 4.98 Å². The third-order valence-corrected chi connectivity index (χ3v) is 4.11. The van der Waals surface area contributed by atoms with Gasteiger partial charge in [-0.05, 0) is 49.1 Å². The average molecular weight is 337 g/mol. The number of hydrogen-bond acceptors (Lipinski definition) is 4. The number of rotatable bonds is 4. The Labute approximate surface area is 144 Å². The largest absolute Gasteiger partial charge is 0.307 e. The van der Waals surface area contributed by atoms with Crippen LogP contribution in [0.15, 0.2) is 36.5 Å². The molecule has 1 aromatic carbocycles. The van der Waals surface area contributed by atoms with Crippen molar-refractivity contribution in [2.75, 3.05) is 11.4 Å². The summed E-state index contributed by atoms with van der Waals surface area (Å²) in [6, 6.07) is 11.9. The van der Waals surface area contributed by atoms with Crippen molar-refractivity contribution in [3.8, 4) is 12.1 Å². The van der Waals surface area contributed by atoms with Crippen LogP contribution >= 0.6 is 11.6 Å². The number of benzene rings is 1. The fourth-order valence-electron chi connectivity index (χ4n) is 2.45. The Morgan fingerprint density at radius 1 is 1.25 bits per heavy atom. The minimum Gasteiger partial charge on any atom is -0.307 e. The van der Waals surface area contributed by atoms with Crippen LogP contribution in [0.25, 0.3) is 0 Å². The Bertz CT molecular complexity index is 877. The number of carbonyl (C=O) groups excluding carboxylic acids is 1. The molecule has 0 aliphatic heterocycles. The lowest BCUT2D eigenvalue weighted by Crippen LogP contribution is -2.33. The molecule has 0 atom stereocenters. The van der Waals surface area contributed by atoms with Crippen LogP contribution in [0.4, 0.5) is 5.69 Å². The van der Waals surface area contributed by atoms with E-state index in [4.69, 9.17) is 16.9 Å². The van der Waals surface area contributed by atoms with E-state index in [1.165, 1.54) is 12.3 Å². The monoisotopic (exact) mass is 336 g/mol. The Kier molecular flexibility index (Phi) is 4.46. The number of amides is 1. The molecule has 1 aliphatic carbocycles. The summed E-state index contributed by atoms with van der Waals surface area (Å²) in [4.78, 5) is 18.5. The van der Waals surface area contributed by atoms with Crippen molar-refractivity contribution in [3.05, 3.63) is 58.4 Å². The number of pyridine rings is 1. The molecule has 1 aromatic heterocycles. The van der Waals surface area contributed by atoms with Gasteiger partial charge in [-0.3, -0.25) is 4.79 Å². The predicted molar refractivity (Wildman–Crippen MR) is 89.5 cm³/mol. The highest BCUT2D eigenvalue weighted by molar-refractivity contribution is 6.31. The fraction of sp³-hybridized carbons (Fsp3) is 0.222. The number of nitriles is 2. The highest BCUT2D eigenvalue weighted by Gasteiger charge is 2.29. The van der Waals surface area contributed by atoms with Gasteiger partial charge in [-0.25, -0.2) is 4.98 Å². The van der Waals surface area contributed by atoms with Gasteiger partial charge < -0.3 is 4.90 Å². The molecule has 0 radical (unpaired) electrons. The molecule has 0 N–H and O–H groups in total. The number of nitrogens with zero attached hydrogens (tertiary/aromatic N) is 4. The highest BCUT2D eigenvalue weighted by atomic mass is 35.5. The molecule has 0 unspecified atom stereocenters. The van der Waals surface area contributed by atoms with E-state index in [2.05, 4.69) is 11.1 Å². The lowest BCUT2D eigenvalue weighted by molar-refractivity contribution is 0.0985. The molecule has 6 heteroatoms. The summed E-state index contributed by atoms with van der Waals surface area (Å²) < 4.78 is 0.